The van der Waals surface area contributed by atoms with Crippen molar-refractivity contribution in [3.05, 3.63) is 84.5 Å². The molecule has 4 rings (SSSR count). The van der Waals surface area contributed by atoms with E-state index in [1.54, 1.807) is 28.8 Å². The number of thiazole rings is 1. The summed E-state index contributed by atoms with van der Waals surface area (Å²) >= 11 is 1.28. The van der Waals surface area contributed by atoms with Crippen molar-refractivity contribution >= 4 is 28.9 Å². The lowest BCUT2D eigenvalue weighted by molar-refractivity contribution is -0.114. The third-order valence-corrected chi connectivity index (χ3v) is 6.69. The number of phenolic OH excluding ortho intramolecular Hbond substituents is 1. The van der Waals surface area contributed by atoms with Crippen molar-refractivity contribution in [1.82, 2.24) is 4.57 Å². The van der Waals surface area contributed by atoms with E-state index in [1.807, 2.05) is 57.1 Å². The number of hydrogen-bond donors (Lipinski definition) is 1. The summed E-state index contributed by atoms with van der Waals surface area (Å²) in [7, 11) is 3.92. The van der Waals surface area contributed by atoms with Crippen molar-refractivity contribution in [2.45, 2.75) is 26.8 Å². The Hall–Kier alpha value is -3.65. The van der Waals surface area contributed by atoms with Gasteiger partial charge < -0.3 is 14.7 Å². The molecule has 2 aromatic carbocycles. The van der Waals surface area contributed by atoms with Gasteiger partial charge in [0.25, 0.3) is 5.56 Å². The van der Waals surface area contributed by atoms with E-state index in [9.17, 15) is 14.7 Å². The molecule has 1 N–H and O–H groups in total. The van der Waals surface area contributed by atoms with E-state index in [0.717, 1.165) is 16.8 Å². The zero-order valence-corrected chi connectivity index (χ0v) is 20.6. The SMILES string of the molecule is CCOc1cc(/C=c2/sc3n(c2=O)[C@@H](c2ccc(N(C)C)cc2)C(C(C)=O)=C(C)N=3)ccc1O. The Kier molecular flexibility index (Phi) is 6.43. The minimum Gasteiger partial charge on any atom is -0.504 e. The Bertz CT molecular complexity index is 1460. The van der Waals surface area contributed by atoms with Crippen LogP contribution in [0.5, 0.6) is 11.5 Å². The Balaban J connectivity index is 1.90. The number of benzene rings is 2. The summed E-state index contributed by atoms with van der Waals surface area (Å²) in [6.45, 7) is 5.57. The molecular weight excluding hydrogens is 450 g/mol. The lowest BCUT2D eigenvalue weighted by Gasteiger charge is -2.25. The van der Waals surface area contributed by atoms with Crippen molar-refractivity contribution in [3.8, 4) is 11.5 Å². The summed E-state index contributed by atoms with van der Waals surface area (Å²) in [4.78, 5) is 33.4. The molecule has 0 fully saturated rings. The summed E-state index contributed by atoms with van der Waals surface area (Å²) in [6.07, 6.45) is 1.75. The maximum absolute atomic E-state index is 13.6. The van der Waals surface area contributed by atoms with Gasteiger partial charge in [-0.25, -0.2) is 4.99 Å². The largest absolute Gasteiger partial charge is 0.504 e. The molecule has 176 valence electrons. The van der Waals surface area contributed by atoms with Crippen LogP contribution in [0.4, 0.5) is 5.69 Å². The lowest BCUT2D eigenvalue weighted by atomic mass is 9.93. The van der Waals surface area contributed by atoms with E-state index >= 15 is 0 Å². The zero-order chi connectivity index (χ0) is 24.6. The molecule has 0 radical (unpaired) electrons. The fourth-order valence-electron chi connectivity index (χ4n) is 4.08. The van der Waals surface area contributed by atoms with Crippen LogP contribution in [0.1, 0.15) is 37.9 Å². The lowest BCUT2D eigenvalue weighted by Crippen LogP contribution is -2.39. The van der Waals surface area contributed by atoms with Crippen molar-refractivity contribution in [2.75, 3.05) is 25.6 Å². The van der Waals surface area contributed by atoms with Gasteiger partial charge in [-0.05, 0) is 62.2 Å². The number of carbonyl (C=O) groups excluding carboxylic acids is 1. The highest BCUT2D eigenvalue weighted by Crippen LogP contribution is 2.31. The number of anilines is 1. The second kappa shape index (κ2) is 9.30. The maximum atomic E-state index is 13.6. The highest BCUT2D eigenvalue weighted by molar-refractivity contribution is 7.07. The first-order valence-electron chi connectivity index (χ1n) is 11.0. The standard InChI is InChI=1S/C26H27N3O4S/c1-6-33-21-13-17(7-12-20(21)31)14-22-25(32)29-24(18-8-10-19(11-9-18)28(4)5)23(16(3)30)15(2)27-26(29)34-22/h7-14,24,31H,6H2,1-5H3/b22-14+/t24-/m0/s1. The second-order valence-electron chi connectivity index (χ2n) is 8.28. The minimum atomic E-state index is -0.550. The number of allylic oxidation sites excluding steroid dienone is 2. The van der Waals surface area contributed by atoms with Gasteiger partial charge in [-0.2, -0.15) is 0 Å². The highest BCUT2D eigenvalue weighted by atomic mass is 32.1. The van der Waals surface area contributed by atoms with Crippen molar-refractivity contribution in [1.29, 1.82) is 0 Å². The number of ketones is 1. The molecule has 0 aliphatic carbocycles. The molecule has 7 nitrogen and oxygen atoms in total. The van der Waals surface area contributed by atoms with Crippen LogP contribution in [0.3, 0.4) is 0 Å². The predicted molar refractivity (Wildman–Crippen MR) is 134 cm³/mol. The van der Waals surface area contributed by atoms with E-state index in [4.69, 9.17) is 4.74 Å². The number of nitrogens with zero attached hydrogens (tertiary/aromatic N) is 3. The monoisotopic (exact) mass is 477 g/mol. The van der Waals surface area contributed by atoms with Crippen LogP contribution in [0, 0.1) is 0 Å². The van der Waals surface area contributed by atoms with Gasteiger partial charge >= 0.3 is 0 Å². The molecule has 0 saturated carbocycles. The first-order valence-corrected chi connectivity index (χ1v) is 11.8. The highest BCUT2D eigenvalue weighted by Gasteiger charge is 2.30. The molecule has 0 bridgehead atoms. The van der Waals surface area contributed by atoms with E-state index in [1.165, 1.54) is 18.3 Å². The number of Topliss-reactive ketones (excluding diaryl/α,β-unsaturated/α-hetero) is 1. The van der Waals surface area contributed by atoms with E-state index in [-0.39, 0.29) is 17.1 Å². The van der Waals surface area contributed by atoms with Gasteiger partial charge in [0.05, 0.1) is 17.2 Å². The third kappa shape index (κ3) is 4.28. The fraction of sp³-hybridized carbons (Fsp3) is 0.269. The number of fused-ring (bicyclic) bond motifs is 1. The maximum Gasteiger partial charge on any atom is 0.271 e. The van der Waals surface area contributed by atoms with E-state index < -0.39 is 6.04 Å². The summed E-state index contributed by atoms with van der Waals surface area (Å²) in [5, 5.41) is 9.99. The number of phenols is 1. The number of carbonyl (C=O) groups is 1. The molecule has 0 unspecified atom stereocenters. The molecule has 1 aliphatic rings. The van der Waals surface area contributed by atoms with Crippen LogP contribution >= 0.6 is 11.3 Å². The number of rotatable bonds is 6. The molecule has 34 heavy (non-hydrogen) atoms. The Morgan fingerprint density at radius 2 is 1.94 bits per heavy atom. The van der Waals surface area contributed by atoms with Crippen molar-refractivity contribution in [3.63, 3.8) is 0 Å². The van der Waals surface area contributed by atoms with Crippen LogP contribution in [0.25, 0.3) is 6.08 Å². The molecule has 3 aromatic rings. The molecule has 0 saturated heterocycles. The zero-order valence-electron chi connectivity index (χ0n) is 19.8. The van der Waals surface area contributed by atoms with Crippen LogP contribution in [0.2, 0.25) is 0 Å². The Morgan fingerprint density at radius 3 is 2.56 bits per heavy atom. The van der Waals surface area contributed by atoms with Crippen LogP contribution < -0.4 is 24.5 Å². The van der Waals surface area contributed by atoms with Gasteiger partial charge in [0, 0.05) is 31.1 Å². The van der Waals surface area contributed by atoms with Gasteiger partial charge in [-0.3, -0.25) is 14.2 Å². The minimum absolute atomic E-state index is 0.0448. The normalized spacial score (nSPS) is 15.7. The molecule has 0 spiro atoms. The smallest absolute Gasteiger partial charge is 0.271 e. The van der Waals surface area contributed by atoms with Gasteiger partial charge in [0.15, 0.2) is 22.1 Å². The summed E-state index contributed by atoms with van der Waals surface area (Å²) < 4.78 is 7.56. The number of hydrogen-bond acceptors (Lipinski definition) is 7. The van der Waals surface area contributed by atoms with E-state index in [0.29, 0.717) is 33.0 Å². The quantitative estimate of drug-likeness (QED) is 0.590. The van der Waals surface area contributed by atoms with Crippen LogP contribution in [-0.2, 0) is 4.79 Å². The van der Waals surface area contributed by atoms with Gasteiger partial charge in [0.2, 0.25) is 0 Å². The first kappa shape index (κ1) is 23.5. The predicted octanol–water partition coefficient (Wildman–Crippen LogP) is 2.99. The molecule has 8 heteroatoms. The number of ether oxygens (including phenoxy) is 1. The number of aromatic hydroxyl groups is 1. The Morgan fingerprint density at radius 1 is 1.24 bits per heavy atom. The molecule has 1 aromatic heterocycles. The molecule has 1 aliphatic heterocycles. The Labute approximate surface area is 201 Å². The fourth-order valence-corrected chi connectivity index (χ4v) is 5.13. The molecule has 2 heterocycles. The molecular formula is C26H27N3O4S. The number of aromatic nitrogens is 1. The van der Waals surface area contributed by atoms with Crippen LogP contribution in [-0.4, -0.2) is 36.2 Å². The summed E-state index contributed by atoms with van der Waals surface area (Å²) in [5.41, 5.74) is 3.51. The average Bonchev–Trinajstić information content (AvgIpc) is 3.09. The van der Waals surface area contributed by atoms with Crippen molar-refractivity contribution in [2.24, 2.45) is 4.99 Å². The summed E-state index contributed by atoms with van der Waals surface area (Å²) in [5.74, 6) is 0.290. The second-order valence-corrected chi connectivity index (χ2v) is 9.29. The molecule has 0 amide bonds. The van der Waals surface area contributed by atoms with Crippen LogP contribution in [0.15, 0.2) is 63.5 Å². The first-order chi connectivity index (χ1) is 16.2. The topological polar surface area (TPSA) is 84.1 Å². The average molecular weight is 478 g/mol. The third-order valence-electron chi connectivity index (χ3n) is 5.71. The van der Waals surface area contributed by atoms with Gasteiger partial charge in [-0.1, -0.05) is 29.5 Å². The van der Waals surface area contributed by atoms with Gasteiger partial charge in [-0.15, -0.1) is 0 Å². The van der Waals surface area contributed by atoms with Crippen molar-refractivity contribution < 1.29 is 14.6 Å². The summed E-state index contributed by atoms with van der Waals surface area (Å²) in [6, 6.07) is 12.3. The van der Waals surface area contributed by atoms with Gasteiger partial charge in [0.1, 0.15) is 0 Å². The molecule has 1 atom stereocenters. The van der Waals surface area contributed by atoms with E-state index in [2.05, 4.69) is 4.99 Å².